The molecule has 2 aliphatic rings. The van der Waals surface area contributed by atoms with Crippen LogP contribution in [0.15, 0.2) is 18.2 Å². The molecule has 0 saturated heterocycles. The Labute approximate surface area is 103 Å². The number of ether oxygens (including phenoxy) is 1. The molecule has 0 bridgehead atoms. The van der Waals surface area contributed by atoms with Gasteiger partial charge in [0.05, 0.1) is 7.11 Å². The van der Waals surface area contributed by atoms with Crippen molar-refractivity contribution in [3.8, 4) is 5.75 Å². The summed E-state index contributed by atoms with van der Waals surface area (Å²) in [5.74, 6) is 1.76. The van der Waals surface area contributed by atoms with Gasteiger partial charge in [0, 0.05) is 5.56 Å². The van der Waals surface area contributed by atoms with Crippen molar-refractivity contribution >= 4 is 0 Å². The molecule has 0 heterocycles. The molecule has 0 amide bonds. The first-order valence-corrected chi connectivity index (χ1v) is 6.68. The summed E-state index contributed by atoms with van der Waals surface area (Å²) in [6, 6.07) is 6.52. The maximum Gasteiger partial charge on any atom is 0.122 e. The number of hydrogen-bond acceptors (Lipinski definition) is 2. The lowest BCUT2D eigenvalue weighted by atomic mass is 9.64. The summed E-state index contributed by atoms with van der Waals surface area (Å²) in [6.45, 7) is 0.789. The van der Waals surface area contributed by atoms with Gasteiger partial charge in [-0.2, -0.15) is 0 Å². The summed E-state index contributed by atoms with van der Waals surface area (Å²) in [5.41, 5.74) is 9.20. The van der Waals surface area contributed by atoms with Gasteiger partial charge in [-0.05, 0) is 55.2 Å². The fraction of sp³-hybridized carbons (Fsp3) is 0.600. The van der Waals surface area contributed by atoms with Gasteiger partial charge in [-0.15, -0.1) is 0 Å². The quantitative estimate of drug-likeness (QED) is 0.868. The van der Waals surface area contributed by atoms with Crippen LogP contribution in [0.3, 0.4) is 0 Å². The van der Waals surface area contributed by atoms with Crippen LogP contribution in [0.4, 0.5) is 0 Å². The lowest BCUT2D eigenvalue weighted by Crippen LogP contribution is -2.32. The van der Waals surface area contributed by atoms with E-state index in [-0.39, 0.29) is 0 Å². The van der Waals surface area contributed by atoms with Gasteiger partial charge >= 0.3 is 0 Å². The molecule has 17 heavy (non-hydrogen) atoms. The highest BCUT2D eigenvalue weighted by Gasteiger charge is 2.48. The van der Waals surface area contributed by atoms with Crippen molar-refractivity contribution in [1.82, 2.24) is 0 Å². The summed E-state index contributed by atoms with van der Waals surface area (Å²) in [6.07, 6.45) is 6.44. The zero-order valence-corrected chi connectivity index (χ0v) is 10.5. The molecule has 3 rings (SSSR count). The normalized spacial score (nSPS) is 24.5. The molecule has 1 saturated carbocycles. The van der Waals surface area contributed by atoms with E-state index in [4.69, 9.17) is 10.5 Å². The molecule has 0 radical (unpaired) electrons. The summed E-state index contributed by atoms with van der Waals surface area (Å²) in [4.78, 5) is 0. The Hall–Kier alpha value is -1.02. The topological polar surface area (TPSA) is 35.2 Å². The van der Waals surface area contributed by atoms with Crippen LogP contribution in [0.5, 0.6) is 5.75 Å². The van der Waals surface area contributed by atoms with Crippen LogP contribution in [0.25, 0.3) is 0 Å². The third kappa shape index (κ3) is 1.50. The maximum atomic E-state index is 5.75. The van der Waals surface area contributed by atoms with Gasteiger partial charge in [-0.3, -0.25) is 0 Å². The standard InChI is InChI=1S/C15H21NO/c1-17-13-5-2-4-12-11(6-9-16)10-15(14(12)13)7-3-8-15/h2,4-5,11H,3,6-10,16H2,1H3. The number of rotatable bonds is 3. The zero-order valence-electron chi connectivity index (χ0n) is 10.5. The SMILES string of the molecule is COc1cccc2c1C1(CCC1)CC2CCN. The third-order valence-corrected chi connectivity index (χ3v) is 4.71. The van der Waals surface area contributed by atoms with E-state index in [0.29, 0.717) is 11.3 Å². The summed E-state index contributed by atoms with van der Waals surface area (Å²) < 4.78 is 5.58. The van der Waals surface area contributed by atoms with E-state index in [1.807, 2.05) is 0 Å². The van der Waals surface area contributed by atoms with Crippen molar-refractivity contribution in [2.45, 2.75) is 43.4 Å². The molecule has 1 unspecified atom stereocenters. The Balaban J connectivity index is 2.07. The fourth-order valence-electron chi connectivity index (χ4n) is 3.83. The highest BCUT2D eigenvalue weighted by atomic mass is 16.5. The highest BCUT2D eigenvalue weighted by Crippen LogP contribution is 2.59. The zero-order chi connectivity index (χ0) is 11.9. The molecule has 1 aromatic carbocycles. The van der Waals surface area contributed by atoms with Gasteiger partial charge in [0.2, 0.25) is 0 Å². The first-order valence-electron chi connectivity index (χ1n) is 6.68. The minimum absolute atomic E-state index is 0.432. The lowest BCUT2D eigenvalue weighted by molar-refractivity contribution is 0.224. The second-order valence-corrected chi connectivity index (χ2v) is 5.54. The largest absolute Gasteiger partial charge is 0.496 e. The van der Waals surface area contributed by atoms with Gasteiger partial charge in [0.1, 0.15) is 5.75 Å². The van der Waals surface area contributed by atoms with Crippen LogP contribution in [0, 0.1) is 0 Å². The molecule has 92 valence electrons. The smallest absolute Gasteiger partial charge is 0.122 e. The predicted molar refractivity (Wildman–Crippen MR) is 69.6 cm³/mol. The second kappa shape index (κ2) is 4.02. The average Bonchev–Trinajstić information content (AvgIpc) is 2.65. The number of methoxy groups -OCH3 is 1. The van der Waals surface area contributed by atoms with E-state index in [2.05, 4.69) is 18.2 Å². The van der Waals surface area contributed by atoms with Crippen molar-refractivity contribution in [2.24, 2.45) is 5.73 Å². The van der Waals surface area contributed by atoms with Gasteiger partial charge in [-0.25, -0.2) is 0 Å². The van der Waals surface area contributed by atoms with Crippen LogP contribution in [-0.4, -0.2) is 13.7 Å². The minimum Gasteiger partial charge on any atom is -0.496 e. The molecule has 2 N–H and O–H groups in total. The van der Waals surface area contributed by atoms with E-state index in [9.17, 15) is 0 Å². The Morgan fingerprint density at radius 2 is 2.24 bits per heavy atom. The van der Waals surface area contributed by atoms with Crippen LogP contribution in [-0.2, 0) is 5.41 Å². The average molecular weight is 231 g/mol. The van der Waals surface area contributed by atoms with Crippen LogP contribution < -0.4 is 10.5 Å². The van der Waals surface area contributed by atoms with Crippen LogP contribution >= 0.6 is 0 Å². The Morgan fingerprint density at radius 3 is 2.82 bits per heavy atom. The van der Waals surface area contributed by atoms with Gasteiger partial charge in [0.25, 0.3) is 0 Å². The first kappa shape index (κ1) is 11.1. The third-order valence-electron chi connectivity index (χ3n) is 4.71. The van der Waals surface area contributed by atoms with Gasteiger partial charge in [-0.1, -0.05) is 18.6 Å². The van der Waals surface area contributed by atoms with Crippen molar-refractivity contribution in [1.29, 1.82) is 0 Å². The molecule has 1 aromatic rings. The molecule has 2 nitrogen and oxygen atoms in total. The maximum absolute atomic E-state index is 5.75. The van der Waals surface area contributed by atoms with Crippen molar-refractivity contribution in [3.05, 3.63) is 29.3 Å². The molecule has 0 aliphatic heterocycles. The molecular weight excluding hydrogens is 210 g/mol. The van der Waals surface area contributed by atoms with E-state index in [0.717, 1.165) is 18.7 Å². The monoisotopic (exact) mass is 231 g/mol. The molecule has 2 heteroatoms. The number of nitrogens with two attached hydrogens (primary N) is 1. The summed E-state index contributed by atoms with van der Waals surface area (Å²) >= 11 is 0. The van der Waals surface area contributed by atoms with E-state index < -0.39 is 0 Å². The number of fused-ring (bicyclic) bond motifs is 2. The predicted octanol–water partition coefficient (Wildman–Crippen LogP) is 2.95. The fourth-order valence-corrected chi connectivity index (χ4v) is 3.83. The number of benzene rings is 1. The molecule has 2 aliphatic carbocycles. The number of hydrogen-bond donors (Lipinski definition) is 1. The Kier molecular flexibility index (Phi) is 2.62. The van der Waals surface area contributed by atoms with Crippen LogP contribution in [0.1, 0.15) is 49.1 Å². The summed E-state index contributed by atoms with van der Waals surface area (Å²) in [5, 5.41) is 0. The van der Waals surface area contributed by atoms with E-state index in [1.54, 1.807) is 7.11 Å². The molecule has 1 fully saturated rings. The molecule has 0 aromatic heterocycles. The summed E-state index contributed by atoms with van der Waals surface area (Å²) in [7, 11) is 1.79. The van der Waals surface area contributed by atoms with Crippen molar-refractivity contribution in [2.75, 3.05) is 13.7 Å². The molecular formula is C15H21NO. The van der Waals surface area contributed by atoms with E-state index >= 15 is 0 Å². The van der Waals surface area contributed by atoms with Gasteiger partial charge < -0.3 is 10.5 Å². The minimum atomic E-state index is 0.432. The van der Waals surface area contributed by atoms with Crippen molar-refractivity contribution in [3.63, 3.8) is 0 Å². The van der Waals surface area contributed by atoms with Gasteiger partial charge in [0.15, 0.2) is 0 Å². The molecule has 1 spiro atoms. The van der Waals surface area contributed by atoms with E-state index in [1.165, 1.54) is 36.8 Å². The van der Waals surface area contributed by atoms with Crippen LogP contribution in [0.2, 0.25) is 0 Å². The molecule has 1 atom stereocenters. The Morgan fingerprint density at radius 1 is 1.41 bits per heavy atom. The first-order chi connectivity index (χ1) is 8.30. The lowest BCUT2D eigenvalue weighted by Gasteiger charge is -2.40. The Bertz CT molecular complexity index is 423. The van der Waals surface area contributed by atoms with Crippen molar-refractivity contribution < 1.29 is 4.74 Å². The second-order valence-electron chi connectivity index (χ2n) is 5.54. The highest BCUT2D eigenvalue weighted by molar-refractivity contribution is 5.52.